The molecule has 1 N–H and O–H groups in total. The molecule has 22 heavy (non-hydrogen) atoms. The van der Waals surface area contributed by atoms with Crippen LogP contribution in [0.3, 0.4) is 0 Å². The summed E-state index contributed by atoms with van der Waals surface area (Å²) in [6, 6.07) is 0.0998. The lowest BCUT2D eigenvalue weighted by molar-refractivity contribution is -0.115. The molecule has 0 saturated heterocycles. The van der Waals surface area contributed by atoms with Crippen molar-refractivity contribution in [1.29, 1.82) is 0 Å². The summed E-state index contributed by atoms with van der Waals surface area (Å²) in [5.74, 6) is -0.112. The van der Waals surface area contributed by atoms with Gasteiger partial charge in [-0.1, -0.05) is 61.6 Å². The minimum atomic E-state index is -0.185. The predicted molar refractivity (Wildman–Crippen MR) is 97.2 cm³/mol. The summed E-state index contributed by atoms with van der Waals surface area (Å²) < 4.78 is 0. The van der Waals surface area contributed by atoms with E-state index in [0.717, 1.165) is 5.71 Å². The number of nitrogens with one attached hydrogen (secondary N) is 1. The average molecular weight is 300 g/mol. The van der Waals surface area contributed by atoms with Crippen LogP contribution in [0.2, 0.25) is 0 Å². The van der Waals surface area contributed by atoms with E-state index < -0.39 is 0 Å². The normalized spacial score (nSPS) is 16.6. The smallest absolute Gasteiger partial charge is 0.242 e. The SMILES string of the molecule is C=C/C=C\C=C(/C)C(NC)C(C)C(/C=C\C=C/C)=NC(C)=O. The fourth-order valence-electron chi connectivity index (χ4n) is 2.17. The molecule has 0 spiro atoms. The van der Waals surface area contributed by atoms with Crippen LogP contribution in [0.15, 0.2) is 65.8 Å². The maximum absolute atomic E-state index is 11.4. The van der Waals surface area contributed by atoms with Crippen molar-refractivity contribution in [3.63, 3.8) is 0 Å². The molecule has 0 saturated carbocycles. The third kappa shape index (κ3) is 7.70. The first-order chi connectivity index (χ1) is 10.5. The van der Waals surface area contributed by atoms with Crippen molar-refractivity contribution in [3.05, 3.63) is 60.8 Å². The fourth-order valence-corrected chi connectivity index (χ4v) is 2.17. The Morgan fingerprint density at radius 2 is 1.86 bits per heavy atom. The third-order valence-corrected chi connectivity index (χ3v) is 3.23. The van der Waals surface area contributed by atoms with Crippen LogP contribution < -0.4 is 5.32 Å². The molecule has 0 aliphatic rings. The first-order valence-corrected chi connectivity index (χ1v) is 7.49. The number of nitrogens with zero attached hydrogens (tertiary/aromatic N) is 1. The summed E-state index contributed by atoms with van der Waals surface area (Å²) in [6.45, 7) is 11.2. The van der Waals surface area contributed by atoms with Gasteiger partial charge in [0, 0.05) is 24.6 Å². The summed E-state index contributed by atoms with van der Waals surface area (Å²) in [7, 11) is 1.91. The van der Waals surface area contributed by atoms with E-state index in [2.05, 4.69) is 30.7 Å². The van der Waals surface area contributed by atoms with Crippen molar-refractivity contribution >= 4 is 11.6 Å². The molecular weight excluding hydrogens is 272 g/mol. The third-order valence-electron chi connectivity index (χ3n) is 3.23. The van der Waals surface area contributed by atoms with Gasteiger partial charge in [-0.05, 0) is 27.0 Å². The molecule has 0 aromatic carbocycles. The summed E-state index contributed by atoms with van der Waals surface area (Å²) in [6.07, 6.45) is 15.3. The summed E-state index contributed by atoms with van der Waals surface area (Å²) in [4.78, 5) is 15.5. The Balaban J connectivity index is 5.43. The summed E-state index contributed by atoms with van der Waals surface area (Å²) in [5.41, 5.74) is 1.94. The number of hydrogen-bond donors (Lipinski definition) is 1. The van der Waals surface area contributed by atoms with Gasteiger partial charge in [0.2, 0.25) is 5.91 Å². The Bertz CT molecular complexity index is 508. The number of carbonyl (C=O) groups excluding carboxylic acids is 1. The van der Waals surface area contributed by atoms with Crippen LogP contribution in [-0.4, -0.2) is 24.7 Å². The molecule has 0 radical (unpaired) electrons. The molecule has 0 fully saturated rings. The Hall–Kier alpha value is -2.00. The van der Waals surface area contributed by atoms with Gasteiger partial charge in [-0.15, -0.1) is 0 Å². The molecule has 0 bridgehead atoms. The second-order valence-corrected chi connectivity index (χ2v) is 5.03. The molecule has 2 atom stereocenters. The topological polar surface area (TPSA) is 41.5 Å². The van der Waals surface area contributed by atoms with Gasteiger partial charge in [0.05, 0.1) is 0 Å². The number of likely N-dealkylation sites (N-methyl/N-ethyl adjacent to an activating group) is 1. The largest absolute Gasteiger partial charge is 0.313 e. The number of carbonyl (C=O) groups is 1. The monoisotopic (exact) mass is 300 g/mol. The molecule has 0 aromatic rings. The minimum absolute atomic E-state index is 0.0730. The number of hydrogen-bond acceptors (Lipinski definition) is 2. The number of aliphatic imine (C=N–C) groups is 1. The zero-order valence-electron chi connectivity index (χ0n) is 14.3. The van der Waals surface area contributed by atoms with Gasteiger partial charge >= 0.3 is 0 Å². The molecule has 2 unspecified atom stereocenters. The van der Waals surface area contributed by atoms with E-state index in [9.17, 15) is 4.79 Å². The lowest BCUT2D eigenvalue weighted by Crippen LogP contribution is -2.37. The molecule has 0 aromatic heterocycles. The van der Waals surface area contributed by atoms with Gasteiger partial charge in [0.1, 0.15) is 0 Å². The maximum Gasteiger partial charge on any atom is 0.242 e. The molecule has 0 heterocycles. The summed E-state index contributed by atoms with van der Waals surface area (Å²) in [5, 5.41) is 3.30. The molecule has 0 aliphatic heterocycles. The number of amides is 1. The Labute approximate surface area is 134 Å². The van der Waals surface area contributed by atoms with Crippen LogP contribution in [0.4, 0.5) is 0 Å². The zero-order chi connectivity index (χ0) is 17.0. The second-order valence-electron chi connectivity index (χ2n) is 5.03. The van der Waals surface area contributed by atoms with Gasteiger partial charge in [-0.25, -0.2) is 4.99 Å². The quantitative estimate of drug-likeness (QED) is 0.543. The molecule has 120 valence electrons. The molecule has 0 rings (SSSR count). The van der Waals surface area contributed by atoms with Crippen molar-refractivity contribution in [3.8, 4) is 0 Å². The van der Waals surface area contributed by atoms with E-state index in [-0.39, 0.29) is 17.9 Å². The van der Waals surface area contributed by atoms with Crippen LogP contribution in [0.25, 0.3) is 0 Å². The van der Waals surface area contributed by atoms with Gasteiger partial charge in [0.25, 0.3) is 0 Å². The Morgan fingerprint density at radius 3 is 2.36 bits per heavy atom. The first kappa shape index (κ1) is 20.0. The van der Waals surface area contributed by atoms with E-state index in [1.807, 2.05) is 56.5 Å². The van der Waals surface area contributed by atoms with Crippen LogP contribution in [0.5, 0.6) is 0 Å². The molecule has 1 amide bonds. The lowest BCUT2D eigenvalue weighted by Gasteiger charge is -2.24. The Morgan fingerprint density at radius 1 is 1.18 bits per heavy atom. The predicted octanol–water partition coefficient (Wildman–Crippen LogP) is 4.02. The van der Waals surface area contributed by atoms with E-state index >= 15 is 0 Å². The Kier molecular flexibility index (Phi) is 10.6. The highest BCUT2D eigenvalue weighted by molar-refractivity contribution is 6.03. The van der Waals surface area contributed by atoms with E-state index in [0.29, 0.717) is 0 Å². The van der Waals surface area contributed by atoms with E-state index in [4.69, 9.17) is 0 Å². The lowest BCUT2D eigenvalue weighted by atomic mass is 9.90. The van der Waals surface area contributed by atoms with Crippen LogP contribution >= 0.6 is 0 Å². The second kappa shape index (κ2) is 11.6. The maximum atomic E-state index is 11.4. The number of rotatable bonds is 8. The van der Waals surface area contributed by atoms with Crippen molar-refractivity contribution in [2.75, 3.05) is 7.05 Å². The van der Waals surface area contributed by atoms with Crippen molar-refractivity contribution in [2.45, 2.75) is 33.7 Å². The zero-order valence-corrected chi connectivity index (χ0v) is 14.3. The van der Waals surface area contributed by atoms with Crippen molar-refractivity contribution in [2.24, 2.45) is 10.9 Å². The molecular formula is C19H28N2O. The van der Waals surface area contributed by atoms with Crippen molar-refractivity contribution in [1.82, 2.24) is 5.32 Å². The highest BCUT2D eigenvalue weighted by Gasteiger charge is 2.20. The van der Waals surface area contributed by atoms with Crippen LogP contribution in [-0.2, 0) is 4.79 Å². The molecule has 3 heteroatoms. The highest BCUT2D eigenvalue weighted by Crippen LogP contribution is 2.15. The van der Waals surface area contributed by atoms with Gasteiger partial charge in [-0.2, -0.15) is 0 Å². The highest BCUT2D eigenvalue weighted by atomic mass is 16.1. The van der Waals surface area contributed by atoms with Crippen LogP contribution in [0, 0.1) is 5.92 Å². The summed E-state index contributed by atoms with van der Waals surface area (Å²) >= 11 is 0. The molecule has 3 nitrogen and oxygen atoms in total. The first-order valence-electron chi connectivity index (χ1n) is 7.49. The van der Waals surface area contributed by atoms with E-state index in [1.165, 1.54) is 12.5 Å². The van der Waals surface area contributed by atoms with Crippen LogP contribution in [0.1, 0.15) is 27.7 Å². The van der Waals surface area contributed by atoms with E-state index in [1.54, 1.807) is 6.08 Å². The standard InChI is InChI=1S/C19H28N2O/c1-7-9-11-13-15(3)19(20-6)16(4)18(21-17(5)22)14-12-10-8-2/h7-14,16,19-20H,1H2,2-6H3/b10-8-,11-9-,14-12-,15-13+,21-18?. The molecule has 0 aliphatic carbocycles. The van der Waals surface area contributed by atoms with Gasteiger partial charge < -0.3 is 5.32 Å². The van der Waals surface area contributed by atoms with Gasteiger partial charge in [0.15, 0.2) is 0 Å². The fraction of sp³-hybridized carbons (Fsp3) is 0.368. The van der Waals surface area contributed by atoms with Gasteiger partial charge in [-0.3, -0.25) is 4.79 Å². The van der Waals surface area contributed by atoms with Crippen molar-refractivity contribution < 1.29 is 4.79 Å². The number of allylic oxidation sites excluding steroid dienone is 8. The minimum Gasteiger partial charge on any atom is -0.313 e. The average Bonchev–Trinajstić information content (AvgIpc) is 2.47.